The minimum Gasteiger partial charge on any atom is -0.399 e. The number of anilines is 2. The average Bonchev–Trinajstić information content (AvgIpc) is 2.50. The number of fused-ring (bicyclic) bond motifs is 1. The smallest absolute Gasteiger partial charge is 0.126 e. The van der Waals surface area contributed by atoms with Gasteiger partial charge in [-0.15, -0.1) is 0 Å². The van der Waals surface area contributed by atoms with Gasteiger partial charge in [-0.25, -0.2) is 8.78 Å². The Kier molecular flexibility index (Phi) is 7.50. The van der Waals surface area contributed by atoms with E-state index >= 15 is 0 Å². The van der Waals surface area contributed by atoms with Crippen LogP contribution in [0.3, 0.4) is 0 Å². The van der Waals surface area contributed by atoms with Crippen molar-refractivity contribution < 1.29 is 13.6 Å². The zero-order valence-electron chi connectivity index (χ0n) is 15.9. The first-order valence-corrected chi connectivity index (χ1v) is 8.26. The molecular formula is C21H26F2N2O. The summed E-state index contributed by atoms with van der Waals surface area (Å²) in [4.78, 5) is 9.44. The molecule has 1 heterocycles. The standard InChI is InChI=1S/C12H14FN.C6H6FN.C3H6O/c1-8-7-12(2,3)14-11-5-4-9(13)6-10(8)11;7-5-1-3-6(8)4-2-5;1-3(2)4/h4-7,14H,1-3H3;1-4H,8H2;1-2H3. The molecule has 1 aliphatic rings. The lowest BCUT2D eigenvalue weighted by Gasteiger charge is -2.31. The maximum atomic E-state index is 13.0. The zero-order chi connectivity index (χ0) is 19.9. The number of benzene rings is 2. The molecule has 2 aromatic carbocycles. The Morgan fingerprint density at radius 1 is 1.00 bits per heavy atom. The monoisotopic (exact) mass is 360 g/mol. The predicted molar refractivity (Wildman–Crippen MR) is 105 cm³/mol. The van der Waals surface area contributed by atoms with Crippen molar-refractivity contribution in [3.05, 3.63) is 65.7 Å². The van der Waals surface area contributed by atoms with Crippen LogP contribution in [0.2, 0.25) is 0 Å². The third-order valence-corrected chi connectivity index (χ3v) is 3.31. The Morgan fingerprint density at radius 2 is 1.50 bits per heavy atom. The van der Waals surface area contributed by atoms with Crippen molar-refractivity contribution in [2.45, 2.75) is 40.2 Å². The molecule has 0 atom stereocenters. The van der Waals surface area contributed by atoms with Crippen LogP contribution in [-0.4, -0.2) is 11.3 Å². The number of carbonyl (C=O) groups is 1. The van der Waals surface area contributed by atoms with Gasteiger partial charge in [0.15, 0.2) is 0 Å². The molecule has 0 saturated carbocycles. The van der Waals surface area contributed by atoms with E-state index in [9.17, 15) is 13.6 Å². The quantitative estimate of drug-likeness (QED) is 0.615. The fourth-order valence-corrected chi connectivity index (χ4v) is 2.42. The van der Waals surface area contributed by atoms with Gasteiger partial charge in [0.25, 0.3) is 0 Å². The molecule has 0 saturated heterocycles. The Morgan fingerprint density at radius 3 is 2.00 bits per heavy atom. The fourth-order valence-electron chi connectivity index (χ4n) is 2.42. The van der Waals surface area contributed by atoms with Crippen molar-refractivity contribution in [3.63, 3.8) is 0 Å². The van der Waals surface area contributed by atoms with Crippen LogP contribution in [0.15, 0.2) is 48.5 Å². The molecule has 3 N–H and O–H groups in total. The molecule has 0 unspecified atom stereocenters. The molecule has 0 bridgehead atoms. The number of carbonyl (C=O) groups excluding carboxylic acids is 1. The summed E-state index contributed by atoms with van der Waals surface area (Å²) in [5, 5.41) is 3.35. The second kappa shape index (κ2) is 9.13. The van der Waals surface area contributed by atoms with Gasteiger partial charge >= 0.3 is 0 Å². The number of hydrogen-bond donors (Lipinski definition) is 2. The molecule has 3 nitrogen and oxygen atoms in total. The average molecular weight is 360 g/mol. The second-order valence-electron chi connectivity index (χ2n) is 6.82. The van der Waals surface area contributed by atoms with E-state index in [1.807, 2.05) is 6.92 Å². The lowest BCUT2D eigenvalue weighted by Crippen LogP contribution is -2.31. The van der Waals surface area contributed by atoms with Crippen LogP contribution in [0, 0.1) is 11.6 Å². The van der Waals surface area contributed by atoms with E-state index in [0.29, 0.717) is 5.69 Å². The number of nitrogens with one attached hydrogen (secondary N) is 1. The van der Waals surface area contributed by atoms with Crippen molar-refractivity contribution in [2.24, 2.45) is 0 Å². The molecule has 140 valence electrons. The highest BCUT2D eigenvalue weighted by atomic mass is 19.1. The van der Waals surface area contributed by atoms with Gasteiger partial charge in [0.05, 0.1) is 5.54 Å². The van der Waals surface area contributed by atoms with Gasteiger partial charge in [0, 0.05) is 16.9 Å². The van der Waals surface area contributed by atoms with Crippen LogP contribution in [0.1, 0.15) is 40.2 Å². The molecule has 3 rings (SSSR count). The lowest BCUT2D eigenvalue weighted by atomic mass is 9.91. The van der Waals surface area contributed by atoms with Gasteiger partial charge in [-0.3, -0.25) is 0 Å². The van der Waals surface area contributed by atoms with Crippen LogP contribution < -0.4 is 11.1 Å². The number of halogens is 2. The molecule has 26 heavy (non-hydrogen) atoms. The fraction of sp³-hybridized carbons (Fsp3) is 0.286. The maximum Gasteiger partial charge on any atom is 0.126 e. The van der Waals surface area contributed by atoms with Crippen LogP contribution >= 0.6 is 0 Å². The summed E-state index contributed by atoms with van der Waals surface area (Å²) in [7, 11) is 0. The molecule has 0 aliphatic carbocycles. The number of allylic oxidation sites excluding steroid dienone is 1. The predicted octanol–water partition coefficient (Wildman–Crippen LogP) is 5.44. The van der Waals surface area contributed by atoms with Gasteiger partial charge in [0.1, 0.15) is 17.4 Å². The summed E-state index contributed by atoms with van der Waals surface area (Å²) in [6, 6.07) is 10.6. The van der Waals surface area contributed by atoms with Crippen LogP contribution in [0.25, 0.3) is 5.57 Å². The highest BCUT2D eigenvalue weighted by Crippen LogP contribution is 2.33. The number of rotatable bonds is 0. The molecule has 1 aliphatic heterocycles. The van der Waals surface area contributed by atoms with Crippen LogP contribution in [-0.2, 0) is 4.79 Å². The van der Waals surface area contributed by atoms with Crippen molar-refractivity contribution in [1.82, 2.24) is 0 Å². The third kappa shape index (κ3) is 7.47. The highest BCUT2D eigenvalue weighted by molar-refractivity contribution is 5.79. The van der Waals surface area contributed by atoms with Gasteiger partial charge in [-0.2, -0.15) is 0 Å². The molecule has 5 heteroatoms. The third-order valence-electron chi connectivity index (χ3n) is 3.31. The van der Waals surface area contributed by atoms with E-state index in [2.05, 4.69) is 25.2 Å². The highest BCUT2D eigenvalue weighted by Gasteiger charge is 2.22. The molecule has 0 fully saturated rings. The summed E-state index contributed by atoms with van der Waals surface area (Å²) in [5.74, 6) is -0.266. The van der Waals surface area contributed by atoms with Gasteiger partial charge in [0.2, 0.25) is 0 Å². The SMILES string of the molecule is CC(C)=O.CC1=CC(C)(C)Nc2ccc(F)cc21.Nc1ccc(F)cc1. The number of ketones is 1. The van der Waals surface area contributed by atoms with E-state index in [4.69, 9.17) is 5.73 Å². The summed E-state index contributed by atoms with van der Waals surface area (Å²) in [5.41, 5.74) is 8.90. The minimum absolute atomic E-state index is 0.0467. The van der Waals surface area contributed by atoms with Crippen LogP contribution in [0.4, 0.5) is 20.2 Å². The minimum atomic E-state index is -0.251. The Labute approximate surface area is 153 Å². The molecule has 0 spiro atoms. The molecule has 0 radical (unpaired) electrons. The largest absolute Gasteiger partial charge is 0.399 e. The van der Waals surface area contributed by atoms with E-state index in [1.165, 1.54) is 44.2 Å². The first-order chi connectivity index (χ1) is 12.0. The van der Waals surface area contributed by atoms with Crippen LogP contribution in [0.5, 0.6) is 0 Å². The summed E-state index contributed by atoms with van der Waals surface area (Å²) in [6.07, 6.45) is 2.12. The number of nitrogens with two attached hydrogens (primary N) is 1. The molecule has 0 amide bonds. The van der Waals surface area contributed by atoms with Crippen molar-refractivity contribution in [2.75, 3.05) is 11.1 Å². The Balaban J connectivity index is 0.000000238. The van der Waals surface area contributed by atoms with E-state index in [-0.39, 0.29) is 23.0 Å². The Bertz CT molecular complexity index is 756. The first-order valence-electron chi connectivity index (χ1n) is 8.26. The Hall–Kier alpha value is -2.69. The number of Topliss-reactive ketones (excluding diaryl/α,β-unsaturated/α-hetero) is 1. The molecular weight excluding hydrogens is 334 g/mol. The topological polar surface area (TPSA) is 55.1 Å². The van der Waals surface area contributed by atoms with Gasteiger partial charge < -0.3 is 15.8 Å². The first kappa shape index (κ1) is 21.4. The van der Waals surface area contributed by atoms with E-state index in [0.717, 1.165) is 16.8 Å². The number of hydrogen-bond acceptors (Lipinski definition) is 3. The van der Waals surface area contributed by atoms with Crippen molar-refractivity contribution in [1.29, 1.82) is 0 Å². The second-order valence-corrected chi connectivity index (χ2v) is 6.82. The van der Waals surface area contributed by atoms with E-state index < -0.39 is 0 Å². The molecule has 2 aromatic rings. The molecule has 0 aromatic heterocycles. The summed E-state index contributed by atoms with van der Waals surface area (Å²) < 4.78 is 25.0. The van der Waals surface area contributed by atoms with Gasteiger partial charge in [-0.05, 0) is 82.7 Å². The van der Waals surface area contributed by atoms with Gasteiger partial charge in [-0.1, -0.05) is 6.08 Å². The number of nitrogen functional groups attached to an aromatic ring is 1. The summed E-state index contributed by atoms with van der Waals surface area (Å²) >= 11 is 0. The van der Waals surface area contributed by atoms with Crippen molar-refractivity contribution in [3.8, 4) is 0 Å². The van der Waals surface area contributed by atoms with Crippen molar-refractivity contribution >= 4 is 22.7 Å². The zero-order valence-corrected chi connectivity index (χ0v) is 15.9. The lowest BCUT2D eigenvalue weighted by molar-refractivity contribution is -0.114. The normalized spacial score (nSPS) is 13.6. The maximum absolute atomic E-state index is 13.0. The van der Waals surface area contributed by atoms with E-state index in [1.54, 1.807) is 12.1 Å². The summed E-state index contributed by atoms with van der Waals surface area (Å²) in [6.45, 7) is 9.27.